The number of aryl methyl sites for hydroxylation is 2. The Labute approximate surface area is 128 Å². The van der Waals surface area contributed by atoms with Gasteiger partial charge in [0.25, 0.3) is 5.91 Å². The van der Waals surface area contributed by atoms with E-state index in [0.29, 0.717) is 17.8 Å². The van der Waals surface area contributed by atoms with Crippen LogP contribution < -0.4 is 5.32 Å². The molecule has 0 radical (unpaired) electrons. The molecule has 0 unspecified atom stereocenters. The molecule has 1 aromatic carbocycles. The van der Waals surface area contributed by atoms with Gasteiger partial charge >= 0.3 is 0 Å². The summed E-state index contributed by atoms with van der Waals surface area (Å²) in [7, 11) is 1.77. The molecular weight excluding hydrogens is 278 g/mol. The lowest BCUT2D eigenvalue weighted by Gasteiger charge is -2.05. The van der Waals surface area contributed by atoms with E-state index in [1.165, 1.54) is 17.3 Å². The second kappa shape index (κ2) is 5.85. The van der Waals surface area contributed by atoms with Gasteiger partial charge in [-0.25, -0.2) is 0 Å². The molecule has 0 atom stereocenters. The average molecular weight is 295 g/mol. The number of benzene rings is 1. The summed E-state index contributed by atoms with van der Waals surface area (Å²) in [5.41, 5.74) is 3.62. The normalized spacial score (nSPS) is 10.6. The summed E-state index contributed by atoms with van der Waals surface area (Å²) in [6, 6.07) is 8.17. The van der Waals surface area contributed by atoms with Crippen molar-refractivity contribution in [2.45, 2.75) is 13.5 Å². The highest BCUT2D eigenvalue weighted by molar-refractivity contribution is 6.03. The first-order chi connectivity index (χ1) is 10.6. The molecule has 0 spiro atoms. The minimum Gasteiger partial charge on any atom is -0.319 e. The molecule has 0 aliphatic carbocycles. The van der Waals surface area contributed by atoms with Crippen LogP contribution in [-0.4, -0.2) is 25.5 Å². The predicted octanol–water partition coefficient (Wildman–Crippen LogP) is 2.23. The van der Waals surface area contributed by atoms with Gasteiger partial charge in [-0.05, 0) is 18.1 Å². The number of rotatable bonds is 4. The maximum absolute atomic E-state index is 12.0. The first-order valence-corrected chi connectivity index (χ1v) is 6.99. The van der Waals surface area contributed by atoms with Crippen LogP contribution in [-0.2, 0) is 13.6 Å². The third kappa shape index (κ3) is 3.06. The summed E-state index contributed by atoms with van der Waals surface area (Å²) in [5, 5.41) is 11.1. The van der Waals surface area contributed by atoms with Crippen LogP contribution in [0.15, 0.2) is 49.1 Å². The van der Waals surface area contributed by atoms with Gasteiger partial charge in [-0.2, -0.15) is 10.2 Å². The minimum absolute atomic E-state index is 0.191. The van der Waals surface area contributed by atoms with Crippen LogP contribution in [0, 0.1) is 6.92 Å². The van der Waals surface area contributed by atoms with Crippen LogP contribution in [0.25, 0.3) is 0 Å². The smallest absolute Gasteiger partial charge is 0.258 e. The van der Waals surface area contributed by atoms with Crippen molar-refractivity contribution in [3.8, 4) is 0 Å². The van der Waals surface area contributed by atoms with E-state index in [1.807, 2.05) is 18.3 Å². The molecule has 0 saturated heterocycles. The van der Waals surface area contributed by atoms with Crippen molar-refractivity contribution >= 4 is 11.6 Å². The molecule has 3 rings (SSSR count). The van der Waals surface area contributed by atoms with Crippen LogP contribution in [0.5, 0.6) is 0 Å². The van der Waals surface area contributed by atoms with Gasteiger partial charge in [0.1, 0.15) is 0 Å². The number of nitrogens with one attached hydrogen (secondary N) is 1. The van der Waals surface area contributed by atoms with Crippen molar-refractivity contribution in [1.29, 1.82) is 0 Å². The fraction of sp³-hybridized carbons (Fsp3) is 0.188. The molecule has 0 bridgehead atoms. The molecule has 0 aliphatic heterocycles. The molecule has 0 saturated carbocycles. The third-order valence-corrected chi connectivity index (χ3v) is 3.45. The van der Waals surface area contributed by atoms with Crippen molar-refractivity contribution in [2.24, 2.45) is 7.05 Å². The largest absolute Gasteiger partial charge is 0.319 e. The Morgan fingerprint density at radius 1 is 1.18 bits per heavy atom. The quantitative estimate of drug-likeness (QED) is 0.802. The first kappa shape index (κ1) is 14.1. The van der Waals surface area contributed by atoms with Crippen molar-refractivity contribution in [2.75, 3.05) is 5.32 Å². The molecule has 22 heavy (non-hydrogen) atoms. The summed E-state index contributed by atoms with van der Waals surface area (Å²) in [6.45, 7) is 2.75. The molecule has 2 heterocycles. The maximum Gasteiger partial charge on any atom is 0.258 e. The average Bonchev–Trinajstić information content (AvgIpc) is 3.11. The van der Waals surface area contributed by atoms with Gasteiger partial charge in [-0.1, -0.05) is 24.3 Å². The van der Waals surface area contributed by atoms with E-state index in [0.717, 1.165) is 0 Å². The molecule has 1 N–H and O–H groups in total. The Kier molecular flexibility index (Phi) is 3.74. The number of anilines is 1. The monoisotopic (exact) mass is 295 g/mol. The first-order valence-electron chi connectivity index (χ1n) is 6.99. The Hall–Kier alpha value is -2.89. The number of aromatic nitrogens is 4. The van der Waals surface area contributed by atoms with Gasteiger partial charge in [0, 0.05) is 19.4 Å². The van der Waals surface area contributed by atoms with E-state index in [1.54, 1.807) is 28.8 Å². The number of carbonyl (C=O) groups excluding carboxylic acids is 1. The van der Waals surface area contributed by atoms with Crippen LogP contribution >= 0.6 is 0 Å². The molecule has 0 fully saturated rings. The SMILES string of the molecule is Cc1ccccc1Cn1cc(NC(=O)c2cnn(C)c2)cn1. The van der Waals surface area contributed by atoms with E-state index in [-0.39, 0.29) is 5.91 Å². The van der Waals surface area contributed by atoms with Gasteiger partial charge in [0.2, 0.25) is 0 Å². The Morgan fingerprint density at radius 3 is 2.73 bits per heavy atom. The maximum atomic E-state index is 12.0. The summed E-state index contributed by atoms with van der Waals surface area (Å²) >= 11 is 0. The van der Waals surface area contributed by atoms with Gasteiger partial charge in [-0.15, -0.1) is 0 Å². The Bertz CT molecular complexity index is 802. The number of hydrogen-bond acceptors (Lipinski definition) is 3. The van der Waals surface area contributed by atoms with Crippen molar-refractivity contribution < 1.29 is 4.79 Å². The van der Waals surface area contributed by atoms with Crippen molar-refractivity contribution in [3.05, 3.63) is 65.7 Å². The van der Waals surface area contributed by atoms with Crippen LogP contribution in [0.4, 0.5) is 5.69 Å². The minimum atomic E-state index is -0.191. The lowest BCUT2D eigenvalue weighted by Crippen LogP contribution is -2.10. The lowest BCUT2D eigenvalue weighted by molar-refractivity contribution is 0.102. The second-order valence-electron chi connectivity index (χ2n) is 5.21. The molecule has 3 aromatic rings. The molecule has 6 heteroatoms. The summed E-state index contributed by atoms with van der Waals surface area (Å²) in [4.78, 5) is 12.0. The van der Waals surface area contributed by atoms with E-state index in [9.17, 15) is 4.79 Å². The zero-order valence-electron chi connectivity index (χ0n) is 12.5. The predicted molar refractivity (Wildman–Crippen MR) is 83.7 cm³/mol. The highest BCUT2D eigenvalue weighted by Gasteiger charge is 2.09. The molecule has 6 nitrogen and oxygen atoms in total. The fourth-order valence-electron chi connectivity index (χ4n) is 2.22. The van der Waals surface area contributed by atoms with Crippen molar-refractivity contribution in [3.63, 3.8) is 0 Å². The van der Waals surface area contributed by atoms with Crippen LogP contribution in [0.3, 0.4) is 0 Å². The van der Waals surface area contributed by atoms with Gasteiger partial charge < -0.3 is 5.32 Å². The number of amides is 1. The molecule has 0 aliphatic rings. The van der Waals surface area contributed by atoms with E-state index < -0.39 is 0 Å². The third-order valence-electron chi connectivity index (χ3n) is 3.45. The Balaban J connectivity index is 1.69. The fourth-order valence-corrected chi connectivity index (χ4v) is 2.22. The van der Waals surface area contributed by atoms with E-state index in [2.05, 4.69) is 34.6 Å². The molecule has 112 valence electrons. The van der Waals surface area contributed by atoms with Gasteiger partial charge in [0.05, 0.1) is 30.2 Å². The summed E-state index contributed by atoms with van der Waals surface area (Å²) in [5.74, 6) is -0.191. The second-order valence-corrected chi connectivity index (χ2v) is 5.21. The van der Waals surface area contributed by atoms with Gasteiger partial charge in [0.15, 0.2) is 0 Å². The Morgan fingerprint density at radius 2 is 2.00 bits per heavy atom. The zero-order valence-corrected chi connectivity index (χ0v) is 12.5. The van der Waals surface area contributed by atoms with E-state index in [4.69, 9.17) is 0 Å². The van der Waals surface area contributed by atoms with Crippen LogP contribution in [0.1, 0.15) is 21.5 Å². The van der Waals surface area contributed by atoms with Gasteiger partial charge in [-0.3, -0.25) is 14.2 Å². The summed E-state index contributed by atoms with van der Waals surface area (Å²) in [6.07, 6.45) is 6.67. The van der Waals surface area contributed by atoms with Crippen molar-refractivity contribution in [1.82, 2.24) is 19.6 Å². The number of carbonyl (C=O) groups is 1. The number of hydrogen-bond donors (Lipinski definition) is 1. The highest BCUT2D eigenvalue weighted by Crippen LogP contribution is 2.12. The number of nitrogens with zero attached hydrogens (tertiary/aromatic N) is 4. The highest BCUT2D eigenvalue weighted by atomic mass is 16.1. The molecular formula is C16H17N5O. The standard InChI is InChI=1S/C16H17N5O/c1-12-5-3-4-6-13(12)10-21-11-15(8-18-21)19-16(22)14-7-17-20(2)9-14/h3-9,11H,10H2,1-2H3,(H,19,22). The topological polar surface area (TPSA) is 64.7 Å². The lowest BCUT2D eigenvalue weighted by atomic mass is 10.1. The molecule has 2 aromatic heterocycles. The summed E-state index contributed by atoms with van der Waals surface area (Å²) < 4.78 is 3.40. The van der Waals surface area contributed by atoms with Crippen LogP contribution in [0.2, 0.25) is 0 Å². The zero-order chi connectivity index (χ0) is 15.5. The van der Waals surface area contributed by atoms with E-state index >= 15 is 0 Å². The molecule has 1 amide bonds.